The van der Waals surface area contributed by atoms with Gasteiger partial charge in [0, 0.05) is 41.6 Å². The Morgan fingerprint density at radius 1 is 1.26 bits per heavy atom. The molecule has 3 rings (SSSR count). The number of nitrogens with two attached hydrogens (primary N) is 1. The predicted molar refractivity (Wildman–Crippen MR) is 74.5 cm³/mol. The molecule has 0 aliphatic heterocycles. The van der Waals surface area contributed by atoms with Crippen LogP contribution in [0.1, 0.15) is 5.82 Å². The molecule has 6 heteroatoms. The molecule has 96 valence electrons. The molecule has 0 saturated heterocycles. The van der Waals surface area contributed by atoms with Crippen molar-refractivity contribution in [2.75, 3.05) is 11.1 Å². The monoisotopic (exact) mass is 254 g/mol. The van der Waals surface area contributed by atoms with E-state index in [9.17, 15) is 0 Å². The summed E-state index contributed by atoms with van der Waals surface area (Å²) < 4.78 is 1.68. The zero-order valence-corrected chi connectivity index (χ0v) is 10.5. The van der Waals surface area contributed by atoms with Crippen LogP contribution in [0, 0.1) is 0 Å². The van der Waals surface area contributed by atoms with Crippen molar-refractivity contribution in [3.63, 3.8) is 0 Å². The highest BCUT2D eigenvalue weighted by Gasteiger charge is 2.05. The van der Waals surface area contributed by atoms with E-state index in [1.165, 1.54) is 0 Å². The van der Waals surface area contributed by atoms with E-state index in [0.717, 1.165) is 28.0 Å². The first-order valence-electron chi connectivity index (χ1n) is 5.94. The Labute approximate surface area is 110 Å². The average Bonchev–Trinajstić information content (AvgIpc) is 2.84. The lowest BCUT2D eigenvalue weighted by molar-refractivity contribution is 0.747. The number of benzene rings is 1. The van der Waals surface area contributed by atoms with Crippen molar-refractivity contribution in [1.29, 1.82) is 0 Å². The van der Waals surface area contributed by atoms with Gasteiger partial charge < -0.3 is 11.1 Å². The highest BCUT2D eigenvalue weighted by atomic mass is 15.3. The van der Waals surface area contributed by atoms with E-state index in [0.29, 0.717) is 6.54 Å². The smallest absolute Gasteiger partial charge is 0.169 e. The van der Waals surface area contributed by atoms with Crippen LogP contribution in [0.15, 0.2) is 36.9 Å². The maximum atomic E-state index is 5.95. The second-order valence-corrected chi connectivity index (χ2v) is 4.31. The summed E-state index contributed by atoms with van der Waals surface area (Å²) in [5.41, 5.74) is 7.68. The van der Waals surface area contributed by atoms with Gasteiger partial charge in [-0.15, -0.1) is 0 Å². The zero-order chi connectivity index (χ0) is 13.2. The summed E-state index contributed by atoms with van der Waals surface area (Å²) in [6, 6.07) is 5.74. The Morgan fingerprint density at radius 3 is 2.95 bits per heavy atom. The fourth-order valence-corrected chi connectivity index (χ4v) is 2.01. The normalized spacial score (nSPS) is 10.8. The highest BCUT2D eigenvalue weighted by Crippen LogP contribution is 2.27. The lowest BCUT2D eigenvalue weighted by atomic mass is 10.1. The minimum atomic E-state index is 0.564. The molecule has 0 saturated carbocycles. The summed E-state index contributed by atoms with van der Waals surface area (Å²) in [6.07, 6.45) is 5.22. The first-order valence-corrected chi connectivity index (χ1v) is 5.94. The number of hydrogen-bond acceptors (Lipinski definition) is 5. The first kappa shape index (κ1) is 11.5. The topological polar surface area (TPSA) is 81.7 Å². The number of hydrogen-bond donors (Lipinski definition) is 2. The van der Waals surface area contributed by atoms with Crippen LogP contribution < -0.4 is 11.1 Å². The molecule has 2 heterocycles. The molecule has 3 N–H and O–H groups in total. The Hall–Kier alpha value is -2.63. The highest BCUT2D eigenvalue weighted by molar-refractivity contribution is 6.00. The minimum Gasteiger partial charge on any atom is -0.398 e. The van der Waals surface area contributed by atoms with E-state index in [2.05, 4.69) is 20.4 Å². The van der Waals surface area contributed by atoms with Crippen LogP contribution in [0.4, 0.5) is 11.4 Å². The number of fused-ring (bicyclic) bond motifs is 1. The molecule has 0 aliphatic rings. The molecular formula is C13H14N6. The third kappa shape index (κ3) is 2.20. The largest absolute Gasteiger partial charge is 0.398 e. The summed E-state index contributed by atoms with van der Waals surface area (Å²) in [5, 5.41) is 9.53. The number of aromatic nitrogens is 4. The molecular weight excluding hydrogens is 240 g/mol. The fraction of sp³-hybridized carbons (Fsp3) is 0.154. The fourth-order valence-electron chi connectivity index (χ4n) is 2.01. The minimum absolute atomic E-state index is 0.564. The van der Waals surface area contributed by atoms with Gasteiger partial charge in [0.15, 0.2) is 5.82 Å². The number of aryl methyl sites for hydroxylation is 1. The van der Waals surface area contributed by atoms with Gasteiger partial charge in [-0.05, 0) is 18.2 Å². The maximum Gasteiger partial charge on any atom is 0.169 e. The maximum absolute atomic E-state index is 5.95. The first-order chi connectivity index (χ1) is 9.24. The molecule has 0 unspecified atom stereocenters. The van der Waals surface area contributed by atoms with Crippen molar-refractivity contribution >= 4 is 22.1 Å². The van der Waals surface area contributed by atoms with Gasteiger partial charge in [-0.2, -0.15) is 5.10 Å². The van der Waals surface area contributed by atoms with Gasteiger partial charge in [0.05, 0.1) is 6.54 Å². The summed E-state index contributed by atoms with van der Waals surface area (Å²) in [6.45, 7) is 0.564. The molecule has 0 spiro atoms. The number of nitrogens with one attached hydrogen (secondary N) is 1. The number of anilines is 2. The third-order valence-electron chi connectivity index (χ3n) is 2.94. The lowest BCUT2D eigenvalue weighted by Crippen LogP contribution is -2.03. The number of rotatable bonds is 3. The second kappa shape index (κ2) is 4.56. The van der Waals surface area contributed by atoms with Crippen LogP contribution in [-0.2, 0) is 13.6 Å². The molecule has 6 nitrogen and oxygen atoms in total. The van der Waals surface area contributed by atoms with Crippen LogP contribution >= 0.6 is 0 Å². The van der Waals surface area contributed by atoms with Crippen LogP contribution in [-0.4, -0.2) is 19.7 Å². The molecule has 0 amide bonds. The molecule has 19 heavy (non-hydrogen) atoms. The van der Waals surface area contributed by atoms with Gasteiger partial charge in [0.1, 0.15) is 6.33 Å². The Morgan fingerprint density at radius 2 is 2.16 bits per heavy atom. The van der Waals surface area contributed by atoms with Gasteiger partial charge in [0.25, 0.3) is 0 Å². The Kier molecular flexibility index (Phi) is 2.75. The Bertz CT molecular complexity index is 718. The molecule has 3 aromatic rings. The molecule has 0 bridgehead atoms. The van der Waals surface area contributed by atoms with Crippen molar-refractivity contribution in [3.05, 3.63) is 42.7 Å². The van der Waals surface area contributed by atoms with E-state index < -0.39 is 0 Å². The molecule has 1 aromatic carbocycles. The average molecular weight is 254 g/mol. The van der Waals surface area contributed by atoms with Crippen LogP contribution in [0.25, 0.3) is 10.8 Å². The summed E-state index contributed by atoms with van der Waals surface area (Å²) in [7, 11) is 1.85. The number of nitrogens with zero attached hydrogens (tertiary/aromatic N) is 4. The van der Waals surface area contributed by atoms with Gasteiger partial charge >= 0.3 is 0 Å². The second-order valence-electron chi connectivity index (χ2n) is 4.31. The molecule has 0 aliphatic carbocycles. The van der Waals surface area contributed by atoms with Crippen LogP contribution in [0.3, 0.4) is 0 Å². The van der Waals surface area contributed by atoms with Crippen LogP contribution in [0.5, 0.6) is 0 Å². The quantitative estimate of drug-likeness (QED) is 0.693. The van der Waals surface area contributed by atoms with E-state index in [1.807, 2.05) is 25.2 Å². The number of pyridine rings is 1. The number of nitrogen functional groups attached to an aromatic ring is 1. The Balaban J connectivity index is 1.91. The summed E-state index contributed by atoms with van der Waals surface area (Å²) >= 11 is 0. The molecule has 0 fully saturated rings. The van der Waals surface area contributed by atoms with E-state index >= 15 is 0 Å². The van der Waals surface area contributed by atoms with Gasteiger partial charge in [-0.25, -0.2) is 4.98 Å². The molecule has 0 atom stereocenters. The SMILES string of the molecule is Cn1cnc(CNc2ccc(N)c3ccncc23)n1. The van der Waals surface area contributed by atoms with Crippen molar-refractivity contribution in [2.45, 2.75) is 6.54 Å². The van der Waals surface area contributed by atoms with Crippen molar-refractivity contribution in [1.82, 2.24) is 19.7 Å². The van der Waals surface area contributed by atoms with E-state index in [-0.39, 0.29) is 0 Å². The van der Waals surface area contributed by atoms with Crippen molar-refractivity contribution < 1.29 is 0 Å². The van der Waals surface area contributed by atoms with Gasteiger partial charge in [-0.3, -0.25) is 9.67 Å². The van der Waals surface area contributed by atoms with E-state index in [1.54, 1.807) is 23.4 Å². The van der Waals surface area contributed by atoms with Crippen molar-refractivity contribution in [3.8, 4) is 0 Å². The van der Waals surface area contributed by atoms with Crippen molar-refractivity contribution in [2.24, 2.45) is 7.05 Å². The molecule has 0 radical (unpaired) electrons. The van der Waals surface area contributed by atoms with Crippen LogP contribution in [0.2, 0.25) is 0 Å². The standard InChI is InChI=1S/C13H14N6/c1-19-8-17-13(18-19)7-16-12-3-2-11(14)9-4-5-15-6-10(9)12/h2-6,8,16H,7,14H2,1H3. The summed E-state index contributed by atoms with van der Waals surface area (Å²) in [5.74, 6) is 0.747. The van der Waals surface area contributed by atoms with Gasteiger partial charge in [-0.1, -0.05) is 0 Å². The van der Waals surface area contributed by atoms with Gasteiger partial charge in [0.2, 0.25) is 0 Å². The zero-order valence-electron chi connectivity index (χ0n) is 10.5. The third-order valence-corrected chi connectivity index (χ3v) is 2.94. The summed E-state index contributed by atoms with van der Waals surface area (Å²) in [4.78, 5) is 8.32. The van der Waals surface area contributed by atoms with E-state index in [4.69, 9.17) is 5.73 Å². The lowest BCUT2D eigenvalue weighted by Gasteiger charge is -2.09. The molecule has 2 aromatic heterocycles. The predicted octanol–water partition coefficient (Wildman–Crippen LogP) is 1.56.